The normalized spacial score (nSPS) is 10.8. The van der Waals surface area contributed by atoms with Gasteiger partial charge < -0.3 is 15.0 Å². The van der Waals surface area contributed by atoms with Crippen LogP contribution in [0.5, 0.6) is 0 Å². The van der Waals surface area contributed by atoms with Gasteiger partial charge in [-0.1, -0.05) is 13.8 Å². The van der Waals surface area contributed by atoms with E-state index >= 15 is 0 Å². The lowest BCUT2D eigenvalue weighted by atomic mass is 10.4. The van der Waals surface area contributed by atoms with Crippen molar-refractivity contribution >= 4 is 16.5 Å². The minimum atomic E-state index is 0.745. The fourth-order valence-corrected chi connectivity index (χ4v) is 2.64. The van der Waals surface area contributed by atoms with Crippen LogP contribution >= 0.6 is 11.3 Å². The van der Waals surface area contributed by atoms with Crippen molar-refractivity contribution in [3.8, 4) is 0 Å². The fourth-order valence-electron chi connectivity index (χ4n) is 1.76. The molecule has 0 unspecified atom stereocenters. The van der Waals surface area contributed by atoms with Gasteiger partial charge in [0.05, 0.1) is 12.3 Å². The summed E-state index contributed by atoms with van der Waals surface area (Å²) in [5, 5.41) is 6.62. The van der Waals surface area contributed by atoms with Gasteiger partial charge in [0.15, 0.2) is 5.13 Å². The predicted molar refractivity (Wildman–Crippen MR) is 78.5 cm³/mol. The first-order valence-corrected chi connectivity index (χ1v) is 7.58. The lowest BCUT2D eigenvalue weighted by Gasteiger charge is -2.19. The topological polar surface area (TPSA) is 37.4 Å². The Morgan fingerprint density at radius 1 is 1.33 bits per heavy atom. The monoisotopic (exact) mass is 271 g/mol. The molecule has 1 aromatic heterocycles. The highest BCUT2D eigenvalue weighted by Gasteiger charge is 2.09. The summed E-state index contributed by atoms with van der Waals surface area (Å²) in [6, 6.07) is 0. The standard InChI is InChI=1S/C13H25N3OS/c1-4-7-16(8-5-2)13-15-12(11-18-13)10-14-6-9-17-3/h11,14H,4-10H2,1-3H3. The number of thiazole rings is 1. The van der Waals surface area contributed by atoms with Crippen molar-refractivity contribution < 1.29 is 4.74 Å². The van der Waals surface area contributed by atoms with Gasteiger partial charge >= 0.3 is 0 Å². The summed E-state index contributed by atoms with van der Waals surface area (Å²) in [5.41, 5.74) is 1.13. The van der Waals surface area contributed by atoms with Crippen LogP contribution in [0.15, 0.2) is 5.38 Å². The Balaban J connectivity index is 2.44. The number of nitrogens with zero attached hydrogens (tertiary/aromatic N) is 2. The molecular weight excluding hydrogens is 246 g/mol. The SMILES string of the molecule is CCCN(CCC)c1nc(CNCCOC)cs1. The molecule has 1 rings (SSSR count). The average molecular weight is 271 g/mol. The van der Waals surface area contributed by atoms with Crippen LogP contribution in [0, 0.1) is 0 Å². The van der Waals surface area contributed by atoms with Gasteiger partial charge in [-0.15, -0.1) is 11.3 Å². The van der Waals surface area contributed by atoms with Crippen molar-refractivity contribution in [1.82, 2.24) is 10.3 Å². The lowest BCUT2D eigenvalue weighted by Crippen LogP contribution is -2.25. The van der Waals surface area contributed by atoms with E-state index in [0.717, 1.165) is 43.6 Å². The molecule has 0 saturated carbocycles. The second-order valence-electron chi connectivity index (χ2n) is 4.28. The Kier molecular flexibility index (Phi) is 7.96. The van der Waals surface area contributed by atoms with Crippen LogP contribution in [0.4, 0.5) is 5.13 Å². The van der Waals surface area contributed by atoms with E-state index in [0.29, 0.717) is 0 Å². The van der Waals surface area contributed by atoms with Gasteiger partial charge in [0.2, 0.25) is 0 Å². The number of methoxy groups -OCH3 is 1. The zero-order valence-corrected chi connectivity index (χ0v) is 12.6. The number of ether oxygens (including phenoxy) is 1. The fraction of sp³-hybridized carbons (Fsp3) is 0.769. The van der Waals surface area contributed by atoms with Crippen molar-refractivity contribution in [2.75, 3.05) is 38.3 Å². The summed E-state index contributed by atoms with van der Waals surface area (Å²) in [6.07, 6.45) is 2.34. The van der Waals surface area contributed by atoms with Crippen LogP contribution in [0.25, 0.3) is 0 Å². The van der Waals surface area contributed by atoms with Crippen LogP contribution < -0.4 is 10.2 Å². The van der Waals surface area contributed by atoms with Gasteiger partial charge in [0.1, 0.15) is 0 Å². The largest absolute Gasteiger partial charge is 0.383 e. The first kappa shape index (κ1) is 15.4. The van der Waals surface area contributed by atoms with Crippen LogP contribution in [-0.4, -0.2) is 38.3 Å². The number of anilines is 1. The zero-order valence-electron chi connectivity index (χ0n) is 11.7. The molecule has 0 spiro atoms. The van der Waals surface area contributed by atoms with Gasteiger partial charge in [-0.25, -0.2) is 4.98 Å². The van der Waals surface area contributed by atoms with Crippen molar-refractivity contribution in [3.63, 3.8) is 0 Å². The van der Waals surface area contributed by atoms with Crippen molar-refractivity contribution in [2.24, 2.45) is 0 Å². The average Bonchev–Trinajstić information content (AvgIpc) is 2.83. The minimum absolute atomic E-state index is 0.745. The van der Waals surface area contributed by atoms with E-state index in [1.807, 2.05) is 0 Å². The molecule has 0 aromatic carbocycles. The number of hydrogen-bond donors (Lipinski definition) is 1. The molecule has 0 atom stereocenters. The van der Waals surface area contributed by atoms with E-state index in [-0.39, 0.29) is 0 Å². The molecule has 1 aromatic rings. The van der Waals surface area contributed by atoms with Crippen molar-refractivity contribution in [2.45, 2.75) is 33.2 Å². The lowest BCUT2D eigenvalue weighted by molar-refractivity contribution is 0.199. The van der Waals surface area contributed by atoms with Gasteiger partial charge in [-0.3, -0.25) is 0 Å². The van der Waals surface area contributed by atoms with Crippen LogP contribution in [0.3, 0.4) is 0 Å². The molecule has 0 radical (unpaired) electrons. The Morgan fingerprint density at radius 2 is 2.06 bits per heavy atom. The molecule has 18 heavy (non-hydrogen) atoms. The maximum Gasteiger partial charge on any atom is 0.185 e. The second kappa shape index (κ2) is 9.30. The number of aromatic nitrogens is 1. The summed E-state index contributed by atoms with van der Waals surface area (Å²) in [7, 11) is 1.72. The molecule has 4 nitrogen and oxygen atoms in total. The Bertz CT molecular complexity index is 311. The van der Waals surface area contributed by atoms with E-state index in [1.165, 1.54) is 12.8 Å². The molecule has 0 aliphatic rings. The summed E-state index contributed by atoms with van der Waals surface area (Å²) in [5.74, 6) is 0. The molecule has 0 aliphatic carbocycles. The third-order valence-corrected chi connectivity index (χ3v) is 3.54. The van der Waals surface area contributed by atoms with E-state index in [4.69, 9.17) is 4.74 Å². The van der Waals surface area contributed by atoms with Gasteiger partial charge in [0.25, 0.3) is 0 Å². The third-order valence-electron chi connectivity index (χ3n) is 2.59. The van der Waals surface area contributed by atoms with E-state index in [1.54, 1.807) is 18.4 Å². The smallest absolute Gasteiger partial charge is 0.185 e. The Hall–Kier alpha value is -0.650. The zero-order chi connectivity index (χ0) is 13.2. The molecular formula is C13H25N3OS. The quantitative estimate of drug-likeness (QED) is 0.664. The van der Waals surface area contributed by atoms with Crippen LogP contribution in [0.2, 0.25) is 0 Å². The highest BCUT2D eigenvalue weighted by atomic mass is 32.1. The van der Waals surface area contributed by atoms with Gasteiger partial charge in [0, 0.05) is 38.7 Å². The molecule has 5 heteroatoms. The number of hydrogen-bond acceptors (Lipinski definition) is 5. The summed E-state index contributed by atoms with van der Waals surface area (Å²) in [6.45, 7) is 9.06. The second-order valence-corrected chi connectivity index (χ2v) is 5.11. The first-order valence-electron chi connectivity index (χ1n) is 6.70. The van der Waals surface area contributed by atoms with Crippen LogP contribution in [-0.2, 0) is 11.3 Å². The van der Waals surface area contributed by atoms with Gasteiger partial charge in [-0.2, -0.15) is 0 Å². The number of rotatable bonds is 10. The van der Waals surface area contributed by atoms with E-state index in [9.17, 15) is 0 Å². The molecule has 0 saturated heterocycles. The predicted octanol–water partition coefficient (Wildman–Crippen LogP) is 2.51. The van der Waals surface area contributed by atoms with Crippen LogP contribution in [0.1, 0.15) is 32.4 Å². The number of nitrogens with one attached hydrogen (secondary N) is 1. The third kappa shape index (κ3) is 5.33. The Morgan fingerprint density at radius 3 is 2.67 bits per heavy atom. The molecule has 0 fully saturated rings. The Labute approximate surface area is 114 Å². The molecule has 0 aliphatic heterocycles. The van der Waals surface area contributed by atoms with Gasteiger partial charge in [-0.05, 0) is 12.8 Å². The highest BCUT2D eigenvalue weighted by molar-refractivity contribution is 7.13. The molecule has 0 bridgehead atoms. The van der Waals surface area contributed by atoms with Crippen molar-refractivity contribution in [1.29, 1.82) is 0 Å². The maximum absolute atomic E-state index is 5.00. The van der Waals surface area contributed by atoms with E-state index < -0.39 is 0 Å². The van der Waals surface area contributed by atoms with Crippen molar-refractivity contribution in [3.05, 3.63) is 11.1 Å². The summed E-state index contributed by atoms with van der Waals surface area (Å²) in [4.78, 5) is 7.06. The summed E-state index contributed by atoms with van der Waals surface area (Å²) < 4.78 is 5.00. The highest BCUT2D eigenvalue weighted by Crippen LogP contribution is 2.21. The molecule has 0 amide bonds. The molecule has 1 N–H and O–H groups in total. The molecule has 1 heterocycles. The maximum atomic E-state index is 5.00. The summed E-state index contributed by atoms with van der Waals surface area (Å²) >= 11 is 1.74. The minimum Gasteiger partial charge on any atom is -0.383 e. The molecule has 104 valence electrons. The first-order chi connectivity index (χ1) is 8.81. The van der Waals surface area contributed by atoms with E-state index in [2.05, 4.69) is 34.4 Å².